The normalized spacial score (nSPS) is 23.3. The Morgan fingerprint density at radius 1 is 1.30 bits per heavy atom. The Balaban J connectivity index is 1.55. The maximum absolute atomic E-state index is 13.2. The van der Waals surface area contributed by atoms with Crippen LogP contribution in [0.4, 0.5) is 4.39 Å². The first-order valence-electron chi connectivity index (χ1n) is 7.31. The molecule has 1 aromatic heterocycles. The van der Waals surface area contributed by atoms with E-state index >= 15 is 0 Å². The summed E-state index contributed by atoms with van der Waals surface area (Å²) in [4.78, 5) is 1.42. The van der Waals surface area contributed by atoms with Gasteiger partial charge in [0.05, 0.1) is 0 Å². The SMILES string of the molecule is CCC(NC1CC(c2cccc(F)c2)C1)c1cccs1. The van der Waals surface area contributed by atoms with E-state index in [-0.39, 0.29) is 5.82 Å². The quantitative estimate of drug-likeness (QED) is 0.827. The number of nitrogens with one attached hydrogen (secondary N) is 1. The summed E-state index contributed by atoms with van der Waals surface area (Å²) in [6.45, 7) is 2.22. The minimum Gasteiger partial charge on any atom is -0.306 e. The second-order valence-electron chi connectivity index (χ2n) is 5.56. The zero-order valence-corrected chi connectivity index (χ0v) is 12.5. The van der Waals surface area contributed by atoms with Crippen LogP contribution in [0.25, 0.3) is 0 Å². The number of rotatable bonds is 5. The summed E-state index contributed by atoms with van der Waals surface area (Å²) in [5.41, 5.74) is 1.15. The number of halogens is 1. The van der Waals surface area contributed by atoms with Gasteiger partial charge in [-0.25, -0.2) is 4.39 Å². The summed E-state index contributed by atoms with van der Waals surface area (Å²) in [5.74, 6) is 0.396. The first-order valence-corrected chi connectivity index (χ1v) is 8.19. The van der Waals surface area contributed by atoms with Crippen LogP contribution in [-0.2, 0) is 0 Å². The molecule has 3 heteroatoms. The maximum atomic E-state index is 13.2. The lowest BCUT2D eigenvalue weighted by Gasteiger charge is -2.38. The van der Waals surface area contributed by atoms with Crippen LogP contribution in [0, 0.1) is 5.82 Å². The summed E-state index contributed by atoms with van der Waals surface area (Å²) in [6.07, 6.45) is 3.35. The van der Waals surface area contributed by atoms with E-state index in [4.69, 9.17) is 0 Å². The van der Waals surface area contributed by atoms with Crippen LogP contribution in [-0.4, -0.2) is 6.04 Å². The Bertz CT molecular complexity index is 546. The van der Waals surface area contributed by atoms with Gasteiger partial charge in [0.25, 0.3) is 0 Å². The summed E-state index contributed by atoms with van der Waals surface area (Å²) < 4.78 is 13.2. The van der Waals surface area contributed by atoms with Crippen LogP contribution in [0.1, 0.15) is 48.6 Å². The molecule has 0 bridgehead atoms. The Kier molecular flexibility index (Phi) is 4.18. The van der Waals surface area contributed by atoms with Gasteiger partial charge in [-0.3, -0.25) is 0 Å². The van der Waals surface area contributed by atoms with E-state index in [1.165, 1.54) is 10.9 Å². The highest BCUT2D eigenvalue weighted by Crippen LogP contribution is 2.38. The highest BCUT2D eigenvalue weighted by molar-refractivity contribution is 7.10. The fourth-order valence-electron chi connectivity index (χ4n) is 2.96. The molecule has 1 nitrogen and oxygen atoms in total. The number of benzene rings is 1. The van der Waals surface area contributed by atoms with Gasteiger partial charge in [0.1, 0.15) is 5.82 Å². The van der Waals surface area contributed by atoms with Crippen LogP contribution < -0.4 is 5.32 Å². The third-order valence-corrected chi connectivity index (χ3v) is 5.18. The lowest BCUT2D eigenvalue weighted by Crippen LogP contribution is -2.41. The van der Waals surface area contributed by atoms with Crippen molar-refractivity contribution in [2.75, 3.05) is 0 Å². The number of hydrogen-bond acceptors (Lipinski definition) is 2. The predicted octanol–water partition coefficient (Wildman–Crippen LogP) is 4.87. The largest absolute Gasteiger partial charge is 0.306 e. The van der Waals surface area contributed by atoms with Gasteiger partial charge < -0.3 is 5.32 Å². The molecule has 106 valence electrons. The standard InChI is InChI=1S/C17H20FNS/c1-2-16(17-7-4-8-20-17)19-15-10-13(11-15)12-5-3-6-14(18)9-12/h3-9,13,15-16,19H,2,10-11H2,1H3. The van der Waals surface area contributed by atoms with E-state index in [1.807, 2.05) is 23.5 Å². The maximum Gasteiger partial charge on any atom is 0.123 e. The van der Waals surface area contributed by atoms with Crippen molar-refractivity contribution < 1.29 is 4.39 Å². The minimum absolute atomic E-state index is 0.121. The topological polar surface area (TPSA) is 12.0 Å². The Labute approximate surface area is 123 Å². The molecular formula is C17H20FNS. The van der Waals surface area contributed by atoms with Crippen LogP contribution in [0.2, 0.25) is 0 Å². The summed E-state index contributed by atoms with van der Waals surface area (Å²) in [6, 6.07) is 12.4. The molecule has 1 heterocycles. The average molecular weight is 289 g/mol. The molecule has 1 fully saturated rings. The van der Waals surface area contributed by atoms with E-state index in [9.17, 15) is 4.39 Å². The zero-order chi connectivity index (χ0) is 13.9. The van der Waals surface area contributed by atoms with Gasteiger partial charge in [-0.15, -0.1) is 11.3 Å². The molecular weight excluding hydrogens is 269 g/mol. The fraction of sp³-hybridized carbons (Fsp3) is 0.412. The van der Waals surface area contributed by atoms with Crippen molar-refractivity contribution in [3.05, 3.63) is 58.0 Å². The molecule has 1 N–H and O–H groups in total. The molecule has 0 aliphatic heterocycles. The van der Waals surface area contributed by atoms with Crippen molar-refractivity contribution in [2.45, 2.75) is 44.2 Å². The molecule has 2 aromatic rings. The second-order valence-corrected chi connectivity index (χ2v) is 6.54. The van der Waals surface area contributed by atoms with E-state index in [0.717, 1.165) is 24.8 Å². The summed E-state index contributed by atoms with van der Waals surface area (Å²) in [7, 11) is 0. The van der Waals surface area contributed by atoms with Gasteiger partial charge in [-0.05, 0) is 54.3 Å². The third-order valence-electron chi connectivity index (χ3n) is 4.19. The lowest BCUT2D eigenvalue weighted by atomic mass is 9.75. The molecule has 0 spiro atoms. The van der Waals surface area contributed by atoms with Crippen LogP contribution in [0.3, 0.4) is 0 Å². The van der Waals surface area contributed by atoms with E-state index in [2.05, 4.69) is 29.8 Å². The molecule has 0 saturated heterocycles. The van der Waals surface area contributed by atoms with Crippen molar-refractivity contribution in [2.24, 2.45) is 0 Å². The van der Waals surface area contributed by atoms with Crippen molar-refractivity contribution in [3.63, 3.8) is 0 Å². The van der Waals surface area contributed by atoms with Gasteiger partial charge in [0.2, 0.25) is 0 Å². The molecule has 1 aromatic carbocycles. The average Bonchev–Trinajstić information content (AvgIpc) is 2.91. The van der Waals surface area contributed by atoms with Crippen molar-refractivity contribution in [3.8, 4) is 0 Å². The molecule has 0 radical (unpaired) electrons. The first kappa shape index (κ1) is 13.8. The van der Waals surface area contributed by atoms with Gasteiger partial charge in [-0.1, -0.05) is 25.1 Å². The zero-order valence-electron chi connectivity index (χ0n) is 11.7. The van der Waals surface area contributed by atoms with Crippen molar-refractivity contribution >= 4 is 11.3 Å². The number of hydrogen-bond donors (Lipinski definition) is 1. The van der Waals surface area contributed by atoms with Gasteiger partial charge >= 0.3 is 0 Å². The smallest absolute Gasteiger partial charge is 0.123 e. The van der Waals surface area contributed by atoms with Crippen LogP contribution >= 0.6 is 11.3 Å². The van der Waals surface area contributed by atoms with Crippen LogP contribution in [0.15, 0.2) is 41.8 Å². The summed E-state index contributed by atoms with van der Waals surface area (Å²) >= 11 is 1.82. The molecule has 1 aliphatic rings. The van der Waals surface area contributed by atoms with Gasteiger partial charge in [0, 0.05) is 17.0 Å². The van der Waals surface area contributed by atoms with E-state index in [1.54, 1.807) is 6.07 Å². The van der Waals surface area contributed by atoms with Crippen molar-refractivity contribution in [1.29, 1.82) is 0 Å². The van der Waals surface area contributed by atoms with Gasteiger partial charge in [0.15, 0.2) is 0 Å². The van der Waals surface area contributed by atoms with E-state index in [0.29, 0.717) is 18.0 Å². The molecule has 1 unspecified atom stereocenters. The highest BCUT2D eigenvalue weighted by Gasteiger charge is 2.31. The summed E-state index contributed by atoms with van der Waals surface area (Å²) in [5, 5.41) is 5.87. The Morgan fingerprint density at radius 2 is 2.15 bits per heavy atom. The Morgan fingerprint density at radius 3 is 2.80 bits per heavy atom. The third kappa shape index (κ3) is 2.94. The monoisotopic (exact) mass is 289 g/mol. The minimum atomic E-state index is -0.121. The first-order chi connectivity index (χ1) is 9.76. The molecule has 1 saturated carbocycles. The number of thiophene rings is 1. The Hall–Kier alpha value is -1.19. The molecule has 0 amide bonds. The highest BCUT2D eigenvalue weighted by atomic mass is 32.1. The van der Waals surface area contributed by atoms with E-state index < -0.39 is 0 Å². The predicted molar refractivity (Wildman–Crippen MR) is 82.6 cm³/mol. The van der Waals surface area contributed by atoms with Crippen LogP contribution in [0.5, 0.6) is 0 Å². The molecule has 1 aliphatic carbocycles. The van der Waals surface area contributed by atoms with Gasteiger partial charge in [-0.2, -0.15) is 0 Å². The second kappa shape index (κ2) is 6.06. The lowest BCUT2D eigenvalue weighted by molar-refractivity contribution is 0.263. The molecule has 3 rings (SSSR count). The molecule has 1 atom stereocenters. The fourth-order valence-corrected chi connectivity index (χ4v) is 3.83. The van der Waals surface area contributed by atoms with Crippen molar-refractivity contribution in [1.82, 2.24) is 5.32 Å². The molecule has 20 heavy (non-hydrogen) atoms.